The predicted octanol–water partition coefficient (Wildman–Crippen LogP) is 2.95. The molecule has 0 radical (unpaired) electrons. The zero-order valence-corrected chi connectivity index (χ0v) is 16.4. The number of nitriles is 1. The summed E-state index contributed by atoms with van der Waals surface area (Å²) < 4.78 is 0. The Bertz CT molecular complexity index is 859. The van der Waals surface area contributed by atoms with Gasteiger partial charge < -0.3 is 10.6 Å². The van der Waals surface area contributed by atoms with Crippen LogP contribution >= 0.6 is 11.8 Å². The molecular formula is C21H23N3O2S. The molecule has 2 aromatic rings. The third-order valence-electron chi connectivity index (χ3n) is 4.14. The van der Waals surface area contributed by atoms with Crippen LogP contribution in [0.5, 0.6) is 0 Å². The van der Waals surface area contributed by atoms with Crippen LogP contribution in [-0.2, 0) is 10.5 Å². The molecule has 0 spiro atoms. The molecule has 0 aliphatic carbocycles. The van der Waals surface area contributed by atoms with E-state index in [-0.39, 0.29) is 18.4 Å². The van der Waals surface area contributed by atoms with Gasteiger partial charge in [0.25, 0.3) is 5.91 Å². The number of carbonyl (C=O) groups excluding carboxylic acids is 2. The summed E-state index contributed by atoms with van der Waals surface area (Å²) in [5.41, 5.74) is 4.40. The monoisotopic (exact) mass is 381 g/mol. The summed E-state index contributed by atoms with van der Waals surface area (Å²) in [7, 11) is 0. The summed E-state index contributed by atoms with van der Waals surface area (Å²) in [5, 5.41) is 14.5. The maximum atomic E-state index is 12.1. The highest BCUT2D eigenvalue weighted by Crippen LogP contribution is 2.15. The van der Waals surface area contributed by atoms with Gasteiger partial charge >= 0.3 is 0 Å². The van der Waals surface area contributed by atoms with E-state index in [2.05, 4.69) is 16.7 Å². The maximum absolute atomic E-state index is 12.1. The minimum atomic E-state index is -0.254. The van der Waals surface area contributed by atoms with Crippen molar-refractivity contribution in [2.24, 2.45) is 0 Å². The molecule has 0 aliphatic heterocycles. The molecule has 140 valence electrons. The lowest BCUT2D eigenvalue weighted by atomic mass is 10.1. The van der Waals surface area contributed by atoms with Crippen molar-refractivity contribution in [2.75, 3.05) is 18.8 Å². The molecular weight excluding hydrogens is 358 g/mol. The van der Waals surface area contributed by atoms with Gasteiger partial charge in [-0.2, -0.15) is 17.0 Å². The van der Waals surface area contributed by atoms with Gasteiger partial charge in [-0.1, -0.05) is 24.3 Å². The zero-order chi connectivity index (χ0) is 19.6. The van der Waals surface area contributed by atoms with E-state index in [1.807, 2.05) is 44.2 Å². The minimum Gasteiger partial charge on any atom is -0.354 e. The SMILES string of the molecule is Cc1ccc(C(=O)NCC(=O)NCCSCc2ccccc2C#N)cc1C. The number of thioether (sulfide) groups is 1. The molecule has 0 aliphatic rings. The van der Waals surface area contributed by atoms with E-state index in [9.17, 15) is 9.59 Å². The molecule has 5 nitrogen and oxygen atoms in total. The average Bonchev–Trinajstić information content (AvgIpc) is 2.68. The number of hydrogen-bond donors (Lipinski definition) is 2. The van der Waals surface area contributed by atoms with E-state index in [0.29, 0.717) is 17.7 Å². The third kappa shape index (κ3) is 6.46. The molecule has 0 aromatic heterocycles. The molecule has 0 heterocycles. The number of carbonyl (C=O) groups is 2. The van der Waals surface area contributed by atoms with Crippen molar-refractivity contribution < 1.29 is 9.59 Å². The van der Waals surface area contributed by atoms with Crippen molar-refractivity contribution in [2.45, 2.75) is 19.6 Å². The zero-order valence-electron chi connectivity index (χ0n) is 15.5. The maximum Gasteiger partial charge on any atom is 0.251 e. The van der Waals surface area contributed by atoms with E-state index in [4.69, 9.17) is 5.26 Å². The quantitative estimate of drug-likeness (QED) is 0.689. The second-order valence-corrected chi connectivity index (χ2v) is 7.26. The van der Waals surface area contributed by atoms with Gasteiger partial charge in [0.1, 0.15) is 0 Å². The molecule has 2 N–H and O–H groups in total. The number of nitrogens with zero attached hydrogens (tertiary/aromatic N) is 1. The van der Waals surface area contributed by atoms with E-state index >= 15 is 0 Å². The van der Waals surface area contributed by atoms with Crippen molar-refractivity contribution >= 4 is 23.6 Å². The molecule has 0 saturated heterocycles. The lowest BCUT2D eigenvalue weighted by molar-refractivity contribution is -0.120. The van der Waals surface area contributed by atoms with Crippen molar-refractivity contribution in [3.05, 3.63) is 70.3 Å². The second kappa shape index (κ2) is 10.4. The van der Waals surface area contributed by atoms with Crippen molar-refractivity contribution in [3.8, 4) is 6.07 Å². The van der Waals surface area contributed by atoms with Crippen LogP contribution in [0.2, 0.25) is 0 Å². The number of nitrogens with one attached hydrogen (secondary N) is 2. The van der Waals surface area contributed by atoms with Crippen molar-refractivity contribution in [1.29, 1.82) is 5.26 Å². The van der Waals surface area contributed by atoms with Crippen molar-refractivity contribution in [1.82, 2.24) is 10.6 Å². The fourth-order valence-corrected chi connectivity index (χ4v) is 3.27. The Morgan fingerprint density at radius 2 is 1.85 bits per heavy atom. The standard InChI is InChI=1S/C21H23N3O2S/c1-15-7-8-17(11-16(15)2)21(26)24-13-20(25)23-9-10-27-14-19-6-4-3-5-18(19)12-22/h3-8,11H,9-10,13-14H2,1-2H3,(H,23,25)(H,24,26). The topological polar surface area (TPSA) is 82.0 Å². The molecule has 2 amide bonds. The Balaban J connectivity index is 1.65. The Kier molecular flexibility index (Phi) is 7.90. The van der Waals surface area contributed by atoms with Gasteiger partial charge in [0.05, 0.1) is 18.2 Å². The summed E-state index contributed by atoms with van der Waals surface area (Å²) in [6, 6.07) is 15.1. The minimum absolute atomic E-state index is 0.0479. The number of rotatable bonds is 8. The van der Waals surface area contributed by atoms with Crippen LogP contribution in [0.3, 0.4) is 0 Å². The Morgan fingerprint density at radius 3 is 2.59 bits per heavy atom. The summed E-state index contributed by atoms with van der Waals surface area (Å²) in [6.45, 7) is 4.40. The van der Waals surface area contributed by atoms with Gasteiger partial charge in [0.15, 0.2) is 0 Å². The normalized spacial score (nSPS) is 10.1. The van der Waals surface area contributed by atoms with Gasteiger partial charge in [0, 0.05) is 23.6 Å². The summed E-state index contributed by atoms with van der Waals surface area (Å²) in [6.07, 6.45) is 0. The largest absolute Gasteiger partial charge is 0.354 e. The predicted molar refractivity (Wildman–Crippen MR) is 109 cm³/mol. The molecule has 0 fully saturated rings. The van der Waals surface area contributed by atoms with Crippen molar-refractivity contribution in [3.63, 3.8) is 0 Å². The summed E-state index contributed by atoms with van der Waals surface area (Å²) >= 11 is 1.65. The molecule has 27 heavy (non-hydrogen) atoms. The first-order valence-corrected chi connectivity index (χ1v) is 9.84. The average molecular weight is 382 g/mol. The molecule has 6 heteroatoms. The molecule has 2 aromatic carbocycles. The molecule has 0 unspecified atom stereocenters. The van der Waals surface area contributed by atoms with Crippen LogP contribution in [0.15, 0.2) is 42.5 Å². The first-order chi connectivity index (χ1) is 13.0. The van der Waals surface area contributed by atoms with Crippen LogP contribution in [-0.4, -0.2) is 30.7 Å². The van der Waals surface area contributed by atoms with E-state index < -0.39 is 0 Å². The molecule has 0 atom stereocenters. The summed E-state index contributed by atoms with van der Waals surface area (Å²) in [5.74, 6) is 0.987. The Hall–Kier alpha value is -2.78. The van der Waals surface area contributed by atoms with Crippen LogP contribution < -0.4 is 10.6 Å². The van der Waals surface area contributed by atoms with Gasteiger partial charge in [-0.05, 0) is 48.7 Å². The van der Waals surface area contributed by atoms with Crippen LogP contribution in [0.4, 0.5) is 0 Å². The van der Waals surface area contributed by atoms with E-state index in [1.165, 1.54) is 0 Å². The van der Waals surface area contributed by atoms with Gasteiger partial charge in [0.2, 0.25) is 5.91 Å². The lowest BCUT2D eigenvalue weighted by Gasteiger charge is -2.08. The van der Waals surface area contributed by atoms with E-state index in [0.717, 1.165) is 28.2 Å². The number of benzene rings is 2. The lowest BCUT2D eigenvalue weighted by Crippen LogP contribution is -2.37. The smallest absolute Gasteiger partial charge is 0.251 e. The Morgan fingerprint density at radius 1 is 1.07 bits per heavy atom. The Labute approximate surface area is 164 Å². The van der Waals surface area contributed by atoms with Crippen LogP contribution in [0.25, 0.3) is 0 Å². The molecule has 0 bridgehead atoms. The highest BCUT2D eigenvalue weighted by Gasteiger charge is 2.08. The first kappa shape index (κ1) is 20.5. The number of aryl methyl sites for hydroxylation is 2. The third-order valence-corrected chi connectivity index (χ3v) is 5.15. The fourth-order valence-electron chi connectivity index (χ4n) is 2.41. The highest BCUT2D eigenvalue weighted by atomic mass is 32.2. The fraction of sp³-hybridized carbons (Fsp3) is 0.286. The first-order valence-electron chi connectivity index (χ1n) is 8.69. The van der Waals surface area contributed by atoms with Crippen LogP contribution in [0.1, 0.15) is 32.6 Å². The van der Waals surface area contributed by atoms with Crippen LogP contribution in [0, 0.1) is 25.2 Å². The number of hydrogen-bond acceptors (Lipinski definition) is 4. The summed E-state index contributed by atoms with van der Waals surface area (Å²) in [4.78, 5) is 23.9. The second-order valence-electron chi connectivity index (χ2n) is 6.15. The van der Waals surface area contributed by atoms with Gasteiger partial charge in [-0.15, -0.1) is 0 Å². The highest BCUT2D eigenvalue weighted by molar-refractivity contribution is 7.98. The van der Waals surface area contributed by atoms with E-state index in [1.54, 1.807) is 23.9 Å². The van der Waals surface area contributed by atoms with Gasteiger partial charge in [-0.3, -0.25) is 9.59 Å². The molecule has 2 rings (SSSR count). The van der Waals surface area contributed by atoms with Gasteiger partial charge in [-0.25, -0.2) is 0 Å². The number of amides is 2. The molecule has 0 saturated carbocycles.